The van der Waals surface area contributed by atoms with Crippen molar-refractivity contribution in [2.24, 2.45) is 10.8 Å². The maximum absolute atomic E-state index is 11.4. The van der Waals surface area contributed by atoms with Crippen molar-refractivity contribution in [3.05, 3.63) is 60.6 Å². The molecule has 0 bridgehead atoms. The second-order valence-corrected chi connectivity index (χ2v) is 5.37. The molecule has 0 radical (unpaired) electrons. The number of hydrogen-bond donors (Lipinski definition) is 1. The molecular formula is C18H20N4O. The highest BCUT2D eigenvalue weighted by molar-refractivity contribution is 6.42. The van der Waals surface area contributed by atoms with Gasteiger partial charge in [0.15, 0.2) is 0 Å². The lowest BCUT2D eigenvalue weighted by Gasteiger charge is -2.07. The Morgan fingerprint density at radius 3 is 2.39 bits per heavy atom. The lowest BCUT2D eigenvalue weighted by molar-refractivity contribution is -0.111. The molecule has 2 rings (SSSR count). The van der Waals surface area contributed by atoms with E-state index in [4.69, 9.17) is 5.73 Å². The van der Waals surface area contributed by atoms with Gasteiger partial charge in [0.05, 0.1) is 11.4 Å². The number of imidazole rings is 1. The quantitative estimate of drug-likeness (QED) is 0.862. The molecule has 5 heteroatoms. The first-order valence-electron chi connectivity index (χ1n) is 7.18. The highest BCUT2D eigenvalue weighted by atomic mass is 16.1. The zero-order chi connectivity index (χ0) is 17.1. The van der Waals surface area contributed by atoms with E-state index in [0.717, 1.165) is 22.5 Å². The standard InChI is InChI=1S/C18H20N4O/c1-6-15(18(19)23)21-22-13(5)20-16(17(22)11(2)3)14-9-7-12(4)8-10-14/h6-10H,1-2H2,3-5H3,(H2,19,23)/b21-15+. The summed E-state index contributed by atoms with van der Waals surface area (Å²) >= 11 is 0. The summed E-state index contributed by atoms with van der Waals surface area (Å²) in [5.41, 5.74) is 9.82. The Hall–Kier alpha value is -2.95. The Morgan fingerprint density at radius 2 is 1.91 bits per heavy atom. The molecule has 0 saturated carbocycles. The lowest BCUT2D eigenvalue weighted by Crippen LogP contribution is -2.22. The second-order valence-electron chi connectivity index (χ2n) is 5.37. The molecule has 0 aliphatic carbocycles. The normalized spacial score (nSPS) is 11.3. The number of rotatable bonds is 5. The second kappa shape index (κ2) is 6.44. The van der Waals surface area contributed by atoms with Gasteiger partial charge in [-0.25, -0.2) is 9.66 Å². The molecule has 0 spiro atoms. The lowest BCUT2D eigenvalue weighted by atomic mass is 10.1. The zero-order valence-corrected chi connectivity index (χ0v) is 13.6. The van der Waals surface area contributed by atoms with Gasteiger partial charge >= 0.3 is 0 Å². The number of carbonyl (C=O) groups is 1. The van der Waals surface area contributed by atoms with Crippen molar-refractivity contribution < 1.29 is 4.79 Å². The van der Waals surface area contributed by atoms with Crippen LogP contribution in [0.2, 0.25) is 0 Å². The maximum atomic E-state index is 11.4. The number of aryl methyl sites for hydroxylation is 2. The van der Waals surface area contributed by atoms with Gasteiger partial charge in [-0.05, 0) is 32.4 Å². The van der Waals surface area contributed by atoms with Gasteiger partial charge in [0.2, 0.25) is 0 Å². The predicted molar refractivity (Wildman–Crippen MR) is 94.1 cm³/mol. The molecule has 0 aliphatic rings. The molecule has 1 aromatic heterocycles. The monoisotopic (exact) mass is 308 g/mol. The van der Waals surface area contributed by atoms with E-state index in [1.165, 1.54) is 11.6 Å². The van der Waals surface area contributed by atoms with Crippen LogP contribution in [0.5, 0.6) is 0 Å². The minimum absolute atomic E-state index is 0.0726. The van der Waals surface area contributed by atoms with Crippen molar-refractivity contribution in [3.8, 4) is 11.3 Å². The number of nitrogens with zero attached hydrogens (tertiary/aromatic N) is 3. The van der Waals surface area contributed by atoms with Gasteiger partial charge in [-0.15, -0.1) is 0 Å². The number of primary amides is 1. The van der Waals surface area contributed by atoms with Gasteiger partial charge in [0.1, 0.15) is 11.5 Å². The van der Waals surface area contributed by atoms with Crippen molar-refractivity contribution in [1.82, 2.24) is 9.66 Å². The minimum atomic E-state index is -0.641. The van der Waals surface area contributed by atoms with E-state index in [-0.39, 0.29) is 5.71 Å². The molecule has 2 aromatic rings. The maximum Gasteiger partial charge on any atom is 0.269 e. The van der Waals surface area contributed by atoms with Crippen LogP contribution < -0.4 is 5.73 Å². The summed E-state index contributed by atoms with van der Waals surface area (Å²) in [5.74, 6) is -0.00294. The van der Waals surface area contributed by atoms with E-state index in [1.807, 2.05) is 45.0 Å². The average molecular weight is 308 g/mol. The van der Waals surface area contributed by atoms with Crippen LogP contribution >= 0.6 is 0 Å². The third-order valence-electron chi connectivity index (χ3n) is 3.40. The first-order valence-corrected chi connectivity index (χ1v) is 7.18. The molecule has 1 amide bonds. The molecular weight excluding hydrogens is 288 g/mol. The number of nitrogens with two attached hydrogens (primary N) is 1. The van der Waals surface area contributed by atoms with Crippen LogP contribution in [0.1, 0.15) is 24.0 Å². The summed E-state index contributed by atoms with van der Waals surface area (Å²) in [7, 11) is 0. The molecule has 1 aromatic carbocycles. The van der Waals surface area contributed by atoms with E-state index in [0.29, 0.717) is 5.82 Å². The number of aromatic nitrogens is 2. The number of amides is 1. The SMILES string of the molecule is C=C/C(=N\n1c(C)nc(-c2ccc(C)cc2)c1C(=C)C)C(N)=O. The summed E-state index contributed by atoms with van der Waals surface area (Å²) in [5, 5.41) is 4.28. The fourth-order valence-corrected chi connectivity index (χ4v) is 2.24. The molecule has 5 nitrogen and oxygen atoms in total. The average Bonchev–Trinajstić information content (AvgIpc) is 2.82. The number of benzene rings is 1. The molecule has 0 aliphatic heterocycles. The third-order valence-corrected chi connectivity index (χ3v) is 3.40. The van der Waals surface area contributed by atoms with Gasteiger partial charge in [-0.3, -0.25) is 4.79 Å². The van der Waals surface area contributed by atoms with Crippen molar-refractivity contribution in [2.45, 2.75) is 20.8 Å². The molecule has 0 saturated heterocycles. The summed E-state index contributed by atoms with van der Waals surface area (Å²) in [6.07, 6.45) is 1.33. The molecule has 118 valence electrons. The van der Waals surface area contributed by atoms with Crippen LogP contribution in [0, 0.1) is 13.8 Å². The van der Waals surface area contributed by atoms with Gasteiger partial charge < -0.3 is 5.73 Å². The first kappa shape index (κ1) is 16.4. The van der Waals surface area contributed by atoms with Crippen LogP contribution in [0.25, 0.3) is 16.8 Å². The zero-order valence-electron chi connectivity index (χ0n) is 13.6. The minimum Gasteiger partial charge on any atom is -0.364 e. The highest BCUT2D eigenvalue weighted by Crippen LogP contribution is 2.29. The van der Waals surface area contributed by atoms with Crippen LogP contribution in [0.4, 0.5) is 0 Å². The van der Waals surface area contributed by atoms with Crippen molar-refractivity contribution in [3.63, 3.8) is 0 Å². The highest BCUT2D eigenvalue weighted by Gasteiger charge is 2.17. The van der Waals surface area contributed by atoms with Crippen LogP contribution in [0.15, 0.2) is 48.6 Å². The fraction of sp³-hybridized carbons (Fsp3) is 0.167. The van der Waals surface area contributed by atoms with Crippen molar-refractivity contribution >= 4 is 17.2 Å². The first-order chi connectivity index (χ1) is 10.8. The van der Waals surface area contributed by atoms with Crippen LogP contribution in [-0.2, 0) is 4.79 Å². The largest absolute Gasteiger partial charge is 0.364 e. The van der Waals surface area contributed by atoms with E-state index in [9.17, 15) is 4.79 Å². The molecule has 0 atom stereocenters. The Morgan fingerprint density at radius 1 is 1.30 bits per heavy atom. The Bertz CT molecular complexity index is 810. The van der Waals surface area contributed by atoms with Gasteiger partial charge in [0.25, 0.3) is 5.91 Å². The van der Waals surface area contributed by atoms with Crippen molar-refractivity contribution in [1.29, 1.82) is 0 Å². The fourth-order valence-electron chi connectivity index (χ4n) is 2.24. The van der Waals surface area contributed by atoms with E-state index >= 15 is 0 Å². The van der Waals surface area contributed by atoms with Gasteiger partial charge in [0, 0.05) is 5.56 Å². The number of hydrogen-bond acceptors (Lipinski definition) is 3. The summed E-state index contributed by atoms with van der Waals surface area (Å²) < 4.78 is 1.58. The third kappa shape index (κ3) is 3.29. The van der Waals surface area contributed by atoms with Gasteiger partial charge in [-0.1, -0.05) is 43.0 Å². The Balaban J connectivity index is 2.70. The summed E-state index contributed by atoms with van der Waals surface area (Å²) in [6.45, 7) is 13.3. The van der Waals surface area contributed by atoms with E-state index < -0.39 is 5.91 Å². The summed E-state index contributed by atoms with van der Waals surface area (Å²) in [6, 6.07) is 8.04. The molecule has 2 N–H and O–H groups in total. The molecule has 0 fully saturated rings. The van der Waals surface area contributed by atoms with E-state index in [2.05, 4.69) is 23.2 Å². The summed E-state index contributed by atoms with van der Waals surface area (Å²) in [4.78, 5) is 16.0. The van der Waals surface area contributed by atoms with E-state index in [1.54, 1.807) is 4.68 Å². The Kier molecular flexibility index (Phi) is 4.60. The molecule has 23 heavy (non-hydrogen) atoms. The predicted octanol–water partition coefficient (Wildman–Crippen LogP) is 3.08. The number of allylic oxidation sites excluding steroid dienone is 1. The molecule has 1 heterocycles. The van der Waals surface area contributed by atoms with Gasteiger partial charge in [-0.2, -0.15) is 5.10 Å². The smallest absolute Gasteiger partial charge is 0.269 e. The molecule has 0 unspecified atom stereocenters. The Labute approximate surface area is 135 Å². The topological polar surface area (TPSA) is 73.3 Å². The van der Waals surface area contributed by atoms with Crippen molar-refractivity contribution in [2.75, 3.05) is 0 Å². The van der Waals surface area contributed by atoms with Crippen LogP contribution in [0.3, 0.4) is 0 Å². The number of carbonyl (C=O) groups excluding carboxylic acids is 1. The van der Waals surface area contributed by atoms with Crippen LogP contribution in [-0.4, -0.2) is 21.3 Å².